The monoisotopic (exact) mass is 274 g/mol. The molecule has 1 aromatic heterocycles. The molecule has 20 heavy (non-hydrogen) atoms. The number of rotatable bonds is 4. The van der Waals surface area contributed by atoms with Gasteiger partial charge < -0.3 is 16.4 Å². The maximum absolute atomic E-state index is 11.9. The van der Waals surface area contributed by atoms with Crippen LogP contribution in [0.25, 0.3) is 0 Å². The van der Waals surface area contributed by atoms with Crippen LogP contribution in [-0.2, 0) is 4.79 Å². The lowest BCUT2D eigenvalue weighted by Crippen LogP contribution is -2.44. The van der Waals surface area contributed by atoms with Crippen molar-refractivity contribution in [3.8, 4) is 11.8 Å². The van der Waals surface area contributed by atoms with Crippen molar-refractivity contribution < 1.29 is 9.59 Å². The molecule has 2 amide bonds. The number of likely N-dealkylation sites (N-methyl/N-ethyl adjacent to an activating group) is 1. The van der Waals surface area contributed by atoms with E-state index in [1.807, 2.05) is 6.92 Å². The Bertz CT molecular complexity index is 528. The van der Waals surface area contributed by atoms with Gasteiger partial charge in [0.15, 0.2) is 0 Å². The van der Waals surface area contributed by atoms with Crippen LogP contribution in [0, 0.1) is 11.8 Å². The Morgan fingerprint density at radius 1 is 1.45 bits per heavy atom. The van der Waals surface area contributed by atoms with Crippen molar-refractivity contribution in [3.63, 3.8) is 0 Å². The summed E-state index contributed by atoms with van der Waals surface area (Å²) in [5, 5.41) is 5.20. The molecule has 0 bridgehead atoms. The lowest BCUT2D eigenvalue weighted by atomic mass is 10.2. The second kappa shape index (κ2) is 7.92. The Morgan fingerprint density at radius 2 is 2.20 bits per heavy atom. The van der Waals surface area contributed by atoms with Crippen molar-refractivity contribution in [3.05, 3.63) is 29.6 Å². The Hall–Kier alpha value is -2.39. The number of hydrogen-bond donors (Lipinski definition) is 3. The highest BCUT2D eigenvalue weighted by molar-refractivity contribution is 5.95. The van der Waals surface area contributed by atoms with Gasteiger partial charge in [0.1, 0.15) is 11.7 Å². The van der Waals surface area contributed by atoms with E-state index in [0.717, 1.165) is 0 Å². The van der Waals surface area contributed by atoms with Crippen molar-refractivity contribution in [2.45, 2.75) is 19.9 Å². The van der Waals surface area contributed by atoms with E-state index in [1.54, 1.807) is 19.1 Å². The fourth-order valence-corrected chi connectivity index (χ4v) is 1.42. The van der Waals surface area contributed by atoms with Gasteiger partial charge in [-0.25, -0.2) is 4.98 Å². The molecule has 4 N–H and O–H groups in total. The second-order valence-corrected chi connectivity index (χ2v) is 4.03. The van der Waals surface area contributed by atoms with E-state index >= 15 is 0 Å². The van der Waals surface area contributed by atoms with E-state index in [4.69, 9.17) is 5.73 Å². The highest BCUT2D eigenvalue weighted by atomic mass is 16.2. The van der Waals surface area contributed by atoms with Gasteiger partial charge in [0, 0.05) is 18.3 Å². The van der Waals surface area contributed by atoms with Crippen LogP contribution in [0.3, 0.4) is 0 Å². The Balaban J connectivity index is 2.66. The topological polar surface area (TPSA) is 97.1 Å². The van der Waals surface area contributed by atoms with Gasteiger partial charge in [-0.05, 0) is 26.0 Å². The van der Waals surface area contributed by atoms with Gasteiger partial charge in [-0.1, -0.05) is 11.8 Å². The molecule has 1 rings (SSSR count). The highest BCUT2D eigenvalue weighted by Gasteiger charge is 2.16. The number of pyridine rings is 1. The smallest absolute Gasteiger partial charge is 0.270 e. The minimum atomic E-state index is -0.610. The number of aromatic nitrogens is 1. The first-order valence-electron chi connectivity index (χ1n) is 6.32. The summed E-state index contributed by atoms with van der Waals surface area (Å²) < 4.78 is 0. The molecule has 106 valence electrons. The van der Waals surface area contributed by atoms with Crippen LogP contribution in [0.2, 0.25) is 0 Å². The SMILES string of the molecule is CCNC(=O)C(C)NC(=O)c1ccc(C#CCN)cn1. The Labute approximate surface area is 118 Å². The Kier molecular flexibility index (Phi) is 6.20. The summed E-state index contributed by atoms with van der Waals surface area (Å²) in [6, 6.07) is 2.63. The quantitative estimate of drug-likeness (QED) is 0.654. The lowest BCUT2D eigenvalue weighted by Gasteiger charge is -2.12. The second-order valence-electron chi connectivity index (χ2n) is 4.03. The molecule has 1 unspecified atom stereocenters. The molecule has 0 aliphatic carbocycles. The maximum Gasteiger partial charge on any atom is 0.270 e. The molecule has 1 heterocycles. The van der Waals surface area contributed by atoms with Crippen LogP contribution in [0.4, 0.5) is 0 Å². The zero-order chi connectivity index (χ0) is 15.0. The van der Waals surface area contributed by atoms with E-state index < -0.39 is 11.9 Å². The molecule has 0 aromatic carbocycles. The number of nitrogens with one attached hydrogen (secondary N) is 2. The van der Waals surface area contributed by atoms with E-state index in [1.165, 1.54) is 6.20 Å². The van der Waals surface area contributed by atoms with Crippen LogP contribution in [0.1, 0.15) is 29.9 Å². The normalized spacial score (nSPS) is 10.9. The molecule has 1 atom stereocenters. The minimum absolute atomic E-state index is 0.230. The molecule has 0 spiro atoms. The average Bonchev–Trinajstić information content (AvgIpc) is 2.45. The number of hydrogen-bond acceptors (Lipinski definition) is 4. The summed E-state index contributed by atoms with van der Waals surface area (Å²) in [6.45, 7) is 4.22. The van der Waals surface area contributed by atoms with E-state index in [0.29, 0.717) is 12.1 Å². The molecule has 6 heteroatoms. The van der Waals surface area contributed by atoms with E-state index in [2.05, 4.69) is 27.5 Å². The van der Waals surface area contributed by atoms with Crippen LogP contribution >= 0.6 is 0 Å². The summed E-state index contributed by atoms with van der Waals surface area (Å²) in [4.78, 5) is 27.4. The third-order valence-electron chi connectivity index (χ3n) is 2.42. The summed E-state index contributed by atoms with van der Waals surface area (Å²) >= 11 is 0. The lowest BCUT2D eigenvalue weighted by molar-refractivity contribution is -0.122. The average molecular weight is 274 g/mol. The van der Waals surface area contributed by atoms with E-state index in [-0.39, 0.29) is 18.1 Å². The standard InChI is InChI=1S/C14H18N4O2/c1-3-16-13(19)10(2)18-14(20)12-7-6-11(9-17-12)5-4-8-15/h6-7,9-10H,3,8,15H2,1-2H3,(H,16,19)(H,18,20). The van der Waals surface area contributed by atoms with Crippen molar-refractivity contribution in [2.24, 2.45) is 5.73 Å². The molecule has 0 aliphatic heterocycles. The summed E-state index contributed by atoms with van der Waals surface area (Å²) in [5.41, 5.74) is 6.19. The largest absolute Gasteiger partial charge is 0.355 e. The van der Waals surface area contributed by atoms with Gasteiger partial charge in [0.25, 0.3) is 5.91 Å². The fourth-order valence-electron chi connectivity index (χ4n) is 1.42. The van der Waals surface area contributed by atoms with Gasteiger partial charge in [-0.15, -0.1) is 0 Å². The Morgan fingerprint density at radius 3 is 2.75 bits per heavy atom. The summed E-state index contributed by atoms with van der Waals surface area (Å²) in [7, 11) is 0. The minimum Gasteiger partial charge on any atom is -0.355 e. The molecule has 0 saturated heterocycles. The van der Waals surface area contributed by atoms with Gasteiger partial charge in [-0.2, -0.15) is 0 Å². The summed E-state index contributed by atoms with van der Waals surface area (Å²) in [5.74, 6) is 4.88. The summed E-state index contributed by atoms with van der Waals surface area (Å²) in [6.07, 6.45) is 1.49. The van der Waals surface area contributed by atoms with Crippen molar-refractivity contribution in [2.75, 3.05) is 13.1 Å². The first-order valence-corrected chi connectivity index (χ1v) is 6.32. The maximum atomic E-state index is 11.9. The highest BCUT2D eigenvalue weighted by Crippen LogP contribution is 1.99. The first-order chi connectivity index (χ1) is 9.58. The zero-order valence-corrected chi connectivity index (χ0v) is 11.6. The number of carbonyl (C=O) groups excluding carboxylic acids is 2. The van der Waals surface area contributed by atoms with Gasteiger partial charge in [0.2, 0.25) is 5.91 Å². The number of carbonyl (C=O) groups is 2. The third kappa shape index (κ3) is 4.71. The molecule has 0 aliphatic rings. The zero-order valence-electron chi connectivity index (χ0n) is 11.6. The van der Waals surface area contributed by atoms with Gasteiger partial charge in [-0.3, -0.25) is 9.59 Å². The van der Waals surface area contributed by atoms with Crippen molar-refractivity contribution in [1.29, 1.82) is 0 Å². The number of amides is 2. The molecular weight excluding hydrogens is 256 g/mol. The predicted molar refractivity (Wildman–Crippen MR) is 75.8 cm³/mol. The number of nitrogens with two attached hydrogens (primary N) is 1. The molecule has 0 fully saturated rings. The predicted octanol–water partition coefficient (Wildman–Crippen LogP) is -0.354. The van der Waals surface area contributed by atoms with E-state index in [9.17, 15) is 9.59 Å². The van der Waals surface area contributed by atoms with Crippen molar-refractivity contribution in [1.82, 2.24) is 15.6 Å². The van der Waals surface area contributed by atoms with Gasteiger partial charge >= 0.3 is 0 Å². The fraction of sp³-hybridized carbons (Fsp3) is 0.357. The van der Waals surface area contributed by atoms with Crippen LogP contribution in [0.15, 0.2) is 18.3 Å². The molecule has 6 nitrogen and oxygen atoms in total. The number of nitrogens with zero attached hydrogens (tertiary/aromatic N) is 1. The molecule has 0 radical (unpaired) electrons. The van der Waals surface area contributed by atoms with Crippen LogP contribution in [-0.4, -0.2) is 35.9 Å². The van der Waals surface area contributed by atoms with Crippen LogP contribution < -0.4 is 16.4 Å². The molecular formula is C14H18N4O2. The molecule has 1 aromatic rings. The molecule has 0 saturated carbocycles. The third-order valence-corrected chi connectivity index (χ3v) is 2.42. The van der Waals surface area contributed by atoms with Crippen molar-refractivity contribution >= 4 is 11.8 Å². The van der Waals surface area contributed by atoms with Crippen LogP contribution in [0.5, 0.6) is 0 Å². The first kappa shape index (κ1) is 15.7. The van der Waals surface area contributed by atoms with Gasteiger partial charge in [0.05, 0.1) is 6.54 Å².